The zero-order chi connectivity index (χ0) is 22.5. The summed E-state index contributed by atoms with van der Waals surface area (Å²) in [4.78, 5) is 23.3. The van der Waals surface area contributed by atoms with Gasteiger partial charge in [0.1, 0.15) is 11.5 Å². The molecule has 0 bridgehead atoms. The average molecular weight is 431 g/mol. The standard InChI is InChI=1S/C24H21N3O5/c1-31-20-11-7-18(8-12-20)23-15-22(17-5-3-2-4-6-17)25-26(23)24(28)16-32-21-13-9-19(10-14-21)27(29)30/h2-14,23H,15-16H2,1H3/t23-/m0/s1. The second-order valence-corrected chi connectivity index (χ2v) is 7.18. The van der Waals surface area contributed by atoms with E-state index in [1.54, 1.807) is 7.11 Å². The van der Waals surface area contributed by atoms with Gasteiger partial charge in [-0.05, 0) is 35.4 Å². The highest BCUT2D eigenvalue weighted by atomic mass is 16.6. The van der Waals surface area contributed by atoms with E-state index in [2.05, 4.69) is 5.10 Å². The minimum atomic E-state index is -0.488. The minimum Gasteiger partial charge on any atom is -0.497 e. The summed E-state index contributed by atoms with van der Waals surface area (Å²) in [5.41, 5.74) is 2.66. The van der Waals surface area contributed by atoms with Crippen LogP contribution in [0.5, 0.6) is 11.5 Å². The fourth-order valence-electron chi connectivity index (χ4n) is 3.51. The van der Waals surface area contributed by atoms with Crippen LogP contribution in [0.15, 0.2) is 84.0 Å². The van der Waals surface area contributed by atoms with Gasteiger partial charge in [-0.3, -0.25) is 14.9 Å². The number of benzene rings is 3. The highest BCUT2D eigenvalue weighted by molar-refractivity contribution is 6.03. The maximum Gasteiger partial charge on any atom is 0.281 e. The van der Waals surface area contributed by atoms with Crippen molar-refractivity contribution >= 4 is 17.3 Å². The van der Waals surface area contributed by atoms with Crippen LogP contribution in [0.3, 0.4) is 0 Å². The molecule has 0 aromatic heterocycles. The van der Waals surface area contributed by atoms with Crippen LogP contribution in [0.2, 0.25) is 0 Å². The van der Waals surface area contributed by atoms with E-state index in [4.69, 9.17) is 9.47 Å². The maximum absolute atomic E-state index is 13.0. The van der Waals surface area contributed by atoms with Crippen molar-refractivity contribution in [3.8, 4) is 11.5 Å². The lowest BCUT2D eigenvalue weighted by molar-refractivity contribution is -0.384. The van der Waals surface area contributed by atoms with Crippen molar-refractivity contribution in [1.82, 2.24) is 5.01 Å². The van der Waals surface area contributed by atoms with Crippen molar-refractivity contribution in [2.45, 2.75) is 12.5 Å². The molecular formula is C24H21N3O5. The van der Waals surface area contributed by atoms with Gasteiger partial charge in [-0.2, -0.15) is 5.10 Å². The zero-order valence-corrected chi connectivity index (χ0v) is 17.4. The molecule has 32 heavy (non-hydrogen) atoms. The topological polar surface area (TPSA) is 94.3 Å². The molecule has 0 aliphatic carbocycles. The van der Waals surface area contributed by atoms with Gasteiger partial charge in [-0.1, -0.05) is 42.5 Å². The van der Waals surface area contributed by atoms with Gasteiger partial charge in [-0.15, -0.1) is 0 Å². The van der Waals surface area contributed by atoms with Crippen LogP contribution in [0.25, 0.3) is 0 Å². The lowest BCUT2D eigenvalue weighted by Crippen LogP contribution is -2.31. The van der Waals surface area contributed by atoms with E-state index in [0.717, 1.165) is 22.6 Å². The molecule has 1 aliphatic rings. The molecule has 1 atom stereocenters. The van der Waals surface area contributed by atoms with Gasteiger partial charge in [0.15, 0.2) is 6.61 Å². The minimum absolute atomic E-state index is 0.0418. The van der Waals surface area contributed by atoms with E-state index in [9.17, 15) is 14.9 Å². The highest BCUT2D eigenvalue weighted by Crippen LogP contribution is 2.33. The summed E-state index contributed by atoms with van der Waals surface area (Å²) < 4.78 is 10.8. The van der Waals surface area contributed by atoms with E-state index in [0.29, 0.717) is 12.2 Å². The third kappa shape index (κ3) is 4.59. The Labute approximate surface area is 184 Å². The summed E-state index contributed by atoms with van der Waals surface area (Å²) in [6.45, 7) is -0.240. The molecule has 1 aliphatic heterocycles. The molecule has 0 N–H and O–H groups in total. The van der Waals surface area contributed by atoms with Crippen LogP contribution >= 0.6 is 0 Å². The molecule has 3 aromatic rings. The summed E-state index contributed by atoms with van der Waals surface area (Å²) in [7, 11) is 1.60. The SMILES string of the molecule is COc1ccc([C@@H]2CC(c3ccccc3)=NN2C(=O)COc2ccc([N+](=O)[O-])cc2)cc1. The molecule has 8 heteroatoms. The highest BCUT2D eigenvalue weighted by Gasteiger charge is 2.33. The zero-order valence-electron chi connectivity index (χ0n) is 17.4. The van der Waals surface area contributed by atoms with Crippen molar-refractivity contribution in [3.05, 3.63) is 100 Å². The van der Waals surface area contributed by atoms with Gasteiger partial charge in [0, 0.05) is 18.6 Å². The van der Waals surface area contributed by atoms with Crippen molar-refractivity contribution in [1.29, 1.82) is 0 Å². The van der Waals surface area contributed by atoms with Gasteiger partial charge in [0.05, 0.1) is 23.8 Å². The summed E-state index contributed by atoms with van der Waals surface area (Å²) in [6.07, 6.45) is 0.569. The molecule has 3 aromatic carbocycles. The molecule has 0 spiro atoms. The number of hydrogen-bond donors (Lipinski definition) is 0. The van der Waals surface area contributed by atoms with Crippen molar-refractivity contribution in [2.75, 3.05) is 13.7 Å². The van der Waals surface area contributed by atoms with Gasteiger partial charge < -0.3 is 9.47 Å². The molecule has 0 radical (unpaired) electrons. The van der Waals surface area contributed by atoms with E-state index in [1.807, 2.05) is 54.6 Å². The Morgan fingerprint density at radius 3 is 2.31 bits per heavy atom. The predicted octanol–water partition coefficient (Wildman–Crippen LogP) is 4.36. The Balaban J connectivity index is 1.54. The van der Waals surface area contributed by atoms with Crippen LogP contribution < -0.4 is 9.47 Å². The fourth-order valence-corrected chi connectivity index (χ4v) is 3.51. The predicted molar refractivity (Wildman–Crippen MR) is 119 cm³/mol. The molecule has 162 valence electrons. The van der Waals surface area contributed by atoms with Crippen molar-refractivity contribution in [3.63, 3.8) is 0 Å². The van der Waals surface area contributed by atoms with Crippen LogP contribution in [0.1, 0.15) is 23.6 Å². The molecule has 1 heterocycles. The maximum atomic E-state index is 13.0. The number of hydrogen-bond acceptors (Lipinski definition) is 6. The first-order valence-corrected chi connectivity index (χ1v) is 10.0. The van der Waals surface area contributed by atoms with Crippen LogP contribution in [-0.4, -0.2) is 35.3 Å². The van der Waals surface area contributed by atoms with Gasteiger partial charge in [0.25, 0.3) is 11.6 Å². The summed E-state index contributed by atoms with van der Waals surface area (Å²) >= 11 is 0. The number of amides is 1. The largest absolute Gasteiger partial charge is 0.497 e. The molecule has 0 unspecified atom stereocenters. The van der Waals surface area contributed by atoms with Gasteiger partial charge >= 0.3 is 0 Å². The van der Waals surface area contributed by atoms with Crippen LogP contribution in [-0.2, 0) is 4.79 Å². The molecule has 0 saturated carbocycles. The first kappa shape index (κ1) is 21.0. The average Bonchev–Trinajstić information content (AvgIpc) is 3.29. The number of hydrazone groups is 1. The number of ether oxygens (including phenoxy) is 2. The Morgan fingerprint density at radius 1 is 1.03 bits per heavy atom. The Hall–Kier alpha value is -4.20. The van der Waals surface area contributed by atoms with E-state index in [-0.39, 0.29) is 24.2 Å². The Bertz CT molecular complexity index is 1130. The van der Waals surface area contributed by atoms with Crippen molar-refractivity contribution in [2.24, 2.45) is 5.10 Å². The smallest absolute Gasteiger partial charge is 0.281 e. The third-order valence-electron chi connectivity index (χ3n) is 5.18. The number of nitro benzene ring substituents is 1. The monoisotopic (exact) mass is 431 g/mol. The second kappa shape index (κ2) is 9.30. The molecule has 4 rings (SSSR count). The fraction of sp³-hybridized carbons (Fsp3) is 0.167. The molecule has 0 saturated heterocycles. The number of nitro groups is 1. The lowest BCUT2D eigenvalue weighted by Gasteiger charge is -2.22. The Kier molecular flexibility index (Phi) is 6.12. The van der Waals surface area contributed by atoms with Crippen molar-refractivity contribution < 1.29 is 19.2 Å². The van der Waals surface area contributed by atoms with E-state index in [1.165, 1.54) is 29.3 Å². The van der Waals surface area contributed by atoms with E-state index >= 15 is 0 Å². The van der Waals surface area contributed by atoms with Gasteiger partial charge in [0.2, 0.25) is 0 Å². The molecule has 0 fully saturated rings. The summed E-state index contributed by atoms with van der Waals surface area (Å²) in [5.74, 6) is 0.793. The van der Waals surface area contributed by atoms with Crippen LogP contribution in [0.4, 0.5) is 5.69 Å². The number of carbonyl (C=O) groups excluding carboxylic acids is 1. The number of methoxy groups -OCH3 is 1. The summed E-state index contributed by atoms with van der Waals surface area (Å²) in [5, 5.41) is 16.9. The van der Waals surface area contributed by atoms with E-state index < -0.39 is 4.92 Å². The number of rotatable bonds is 7. The summed E-state index contributed by atoms with van der Waals surface area (Å²) in [6, 6.07) is 22.6. The lowest BCUT2D eigenvalue weighted by atomic mass is 9.98. The number of nitrogens with zero attached hydrogens (tertiary/aromatic N) is 3. The van der Waals surface area contributed by atoms with Gasteiger partial charge in [-0.25, -0.2) is 5.01 Å². The number of non-ortho nitro benzene ring substituents is 1. The first-order chi connectivity index (χ1) is 15.5. The Morgan fingerprint density at radius 2 is 1.69 bits per heavy atom. The number of carbonyl (C=O) groups is 1. The first-order valence-electron chi connectivity index (χ1n) is 10.0. The molecule has 1 amide bonds. The quantitative estimate of drug-likeness (QED) is 0.409. The van der Waals surface area contributed by atoms with Crippen LogP contribution in [0, 0.1) is 10.1 Å². The molecule has 8 nitrogen and oxygen atoms in total. The molecular weight excluding hydrogens is 410 g/mol. The third-order valence-corrected chi connectivity index (χ3v) is 5.18. The second-order valence-electron chi connectivity index (χ2n) is 7.18. The normalized spacial score (nSPS) is 15.2.